The van der Waals surface area contributed by atoms with Gasteiger partial charge in [0.2, 0.25) is 0 Å². The van der Waals surface area contributed by atoms with E-state index in [-0.39, 0.29) is 12.7 Å². The zero-order valence-electron chi connectivity index (χ0n) is 16.0. The average molecular weight is 374 g/mol. The van der Waals surface area contributed by atoms with Gasteiger partial charge in [0.1, 0.15) is 11.8 Å². The molecule has 0 radical (unpaired) electrons. The molecule has 3 rings (SSSR count). The van der Waals surface area contributed by atoms with Crippen LogP contribution < -0.4 is 0 Å². The first kappa shape index (κ1) is 19.4. The summed E-state index contributed by atoms with van der Waals surface area (Å²) >= 11 is 0. The van der Waals surface area contributed by atoms with E-state index >= 15 is 0 Å². The van der Waals surface area contributed by atoms with E-state index in [9.17, 15) is 10.1 Å². The van der Waals surface area contributed by atoms with E-state index in [2.05, 4.69) is 6.07 Å². The molecule has 1 aliphatic rings. The SMILES string of the molecule is CCOC(=O)c1c(C2=CC=CC(OCc3ccccc3)C=C2)c(C#N)cn1C. The lowest BCUT2D eigenvalue weighted by atomic mass is 10.0. The van der Waals surface area contributed by atoms with Gasteiger partial charge in [-0.05, 0) is 18.1 Å². The quantitative estimate of drug-likeness (QED) is 0.712. The topological polar surface area (TPSA) is 64.2 Å². The summed E-state index contributed by atoms with van der Waals surface area (Å²) in [6.07, 6.45) is 10.9. The Morgan fingerprint density at radius 2 is 2.04 bits per heavy atom. The molecule has 1 aliphatic carbocycles. The fraction of sp³-hybridized carbons (Fsp3) is 0.217. The number of rotatable bonds is 6. The van der Waals surface area contributed by atoms with Gasteiger partial charge in [-0.1, -0.05) is 60.7 Å². The van der Waals surface area contributed by atoms with Crippen LogP contribution in [-0.2, 0) is 23.1 Å². The lowest BCUT2D eigenvalue weighted by molar-refractivity contribution is 0.0515. The van der Waals surface area contributed by atoms with Gasteiger partial charge in [-0.15, -0.1) is 0 Å². The minimum Gasteiger partial charge on any atom is -0.461 e. The molecule has 0 saturated carbocycles. The van der Waals surface area contributed by atoms with Crippen molar-refractivity contribution in [2.24, 2.45) is 7.05 Å². The summed E-state index contributed by atoms with van der Waals surface area (Å²) in [4.78, 5) is 12.4. The smallest absolute Gasteiger partial charge is 0.355 e. The largest absolute Gasteiger partial charge is 0.461 e. The number of carbonyl (C=O) groups is 1. The normalized spacial score (nSPS) is 15.6. The summed E-state index contributed by atoms with van der Waals surface area (Å²) in [5.41, 5.74) is 3.24. The molecular weight excluding hydrogens is 352 g/mol. The molecular formula is C23H22N2O3. The van der Waals surface area contributed by atoms with Crippen LogP contribution in [0.2, 0.25) is 0 Å². The standard InChI is InChI=1S/C23H22N2O3/c1-3-27-23(26)22-21(19(14-24)15-25(22)2)18-10-7-11-20(13-12-18)28-16-17-8-5-4-6-9-17/h4-13,15,20H,3,16H2,1-2H3. The number of allylic oxidation sites excluding steroid dienone is 4. The van der Waals surface area contributed by atoms with Gasteiger partial charge in [-0.25, -0.2) is 4.79 Å². The minimum atomic E-state index is -0.444. The highest BCUT2D eigenvalue weighted by molar-refractivity contribution is 5.97. The number of carbonyl (C=O) groups excluding carboxylic acids is 1. The molecule has 0 N–H and O–H groups in total. The molecule has 0 bridgehead atoms. The Morgan fingerprint density at radius 3 is 2.75 bits per heavy atom. The number of esters is 1. The highest BCUT2D eigenvalue weighted by Crippen LogP contribution is 2.28. The number of hydrogen-bond acceptors (Lipinski definition) is 4. The molecule has 1 atom stereocenters. The first-order chi connectivity index (χ1) is 13.6. The van der Waals surface area contributed by atoms with Crippen LogP contribution >= 0.6 is 0 Å². The lowest BCUT2D eigenvalue weighted by Crippen LogP contribution is -2.11. The van der Waals surface area contributed by atoms with Crippen molar-refractivity contribution in [3.05, 3.63) is 89.3 Å². The van der Waals surface area contributed by atoms with Crippen molar-refractivity contribution in [3.63, 3.8) is 0 Å². The Morgan fingerprint density at radius 1 is 1.25 bits per heavy atom. The average Bonchev–Trinajstić information content (AvgIpc) is 2.88. The monoisotopic (exact) mass is 374 g/mol. The number of benzene rings is 1. The van der Waals surface area contributed by atoms with Crippen molar-refractivity contribution in [3.8, 4) is 6.07 Å². The highest BCUT2D eigenvalue weighted by Gasteiger charge is 2.23. The molecule has 0 amide bonds. The molecule has 2 aromatic rings. The predicted octanol–water partition coefficient (Wildman–Crippen LogP) is 4.17. The fourth-order valence-electron chi connectivity index (χ4n) is 3.08. The van der Waals surface area contributed by atoms with Crippen LogP contribution in [0.25, 0.3) is 5.57 Å². The van der Waals surface area contributed by atoms with E-state index in [0.29, 0.717) is 23.4 Å². The summed E-state index contributed by atoms with van der Waals surface area (Å²) in [6, 6.07) is 12.1. The molecule has 0 spiro atoms. The molecule has 0 aliphatic heterocycles. The van der Waals surface area contributed by atoms with Crippen molar-refractivity contribution in [2.45, 2.75) is 19.6 Å². The van der Waals surface area contributed by atoms with Gasteiger partial charge in [0.15, 0.2) is 0 Å². The Hall–Kier alpha value is -3.36. The molecule has 28 heavy (non-hydrogen) atoms. The maximum absolute atomic E-state index is 12.4. The van der Waals surface area contributed by atoms with E-state index in [0.717, 1.165) is 11.1 Å². The predicted molar refractivity (Wildman–Crippen MR) is 107 cm³/mol. The van der Waals surface area contributed by atoms with Crippen LogP contribution in [0, 0.1) is 11.3 Å². The molecule has 1 heterocycles. The second kappa shape index (κ2) is 9.03. The maximum atomic E-state index is 12.4. The van der Waals surface area contributed by atoms with Gasteiger partial charge < -0.3 is 14.0 Å². The molecule has 1 unspecified atom stereocenters. The lowest BCUT2D eigenvalue weighted by Gasteiger charge is -2.10. The summed E-state index contributed by atoms with van der Waals surface area (Å²) in [6.45, 7) is 2.53. The molecule has 0 fully saturated rings. The van der Waals surface area contributed by atoms with Gasteiger partial charge >= 0.3 is 5.97 Å². The highest BCUT2D eigenvalue weighted by atomic mass is 16.5. The van der Waals surface area contributed by atoms with Crippen LogP contribution in [-0.4, -0.2) is 23.2 Å². The number of ether oxygens (including phenoxy) is 2. The van der Waals surface area contributed by atoms with Crippen molar-refractivity contribution >= 4 is 11.5 Å². The number of hydrogen-bond donors (Lipinski definition) is 0. The van der Waals surface area contributed by atoms with Crippen LogP contribution in [0.15, 0.2) is 66.9 Å². The second-order valence-electron chi connectivity index (χ2n) is 6.34. The number of nitriles is 1. The molecule has 5 nitrogen and oxygen atoms in total. The third kappa shape index (κ3) is 4.30. The Labute approximate surface area is 164 Å². The first-order valence-electron chi connectivity index (χ1n) is 9.13. The van der Waals surface area contributed by atoms with Gasteiger partial charge in [0.25, 0.3) is 0 Å². The van der Waals surface area contributed by atoms with Gasteiger partial charge in [0, 0.05) is 18.8 Å². The van der Waals surface area contributed by atoms with Crippen molar-refractivity contribution < 1.29 is 14.3 Å². The molecule has 0 saturated heterocycles. The van der Waals surface area contributed by atoms with Crippen molar-refractivity contribution in [1.82, 2.24) is 4.57 Å². The minimum absolute atomic E-state index is 0.200. The summed E-state index contributed by atoms with van der Waals surface area (Å²) in [5.74, 6) is -0.444. The third-order valence-electron chi connectivity index (χ3n) is 4.39. The van der Waals surface area contributed by atoms with E-state index in [1.165, 1.54) is 0 Å². The molecule has 142 valence electrons. The van der Waals surface area contributed by atoms with Gasteiger partial charge in [-0.3, -0.25) is 0 Å². The van der Waals surface area contributed by atoms with Crippen LogP contribution in [0.5, 0.6) is 0 Å². The maximum Gasteiger partial charge on any atom is 0.355 e. The third-order valence-corrected chi connectivity index (χ3v) is 4.39. The van der Waals surface area contributed by atoms with E-state index < -0.39 is 5.97 Å². The number of aromatic nitrogens is 1. The molecule has 1 aromatic heterocycles. The van der Waals surface area contributed by atoms with Gasteiger partial charge in [-0.2, -0.15) is 5.26 Å². The zero-order valence-corrected chi connectivity index (χ0v) is 16.0. The van der Waals surface area contributed by atoms with Crippen molar-refractivity contribution in [1.29, 1.82) is 5.26 Å². The molecule has 1 aromatic carbocycles. The fourth-order valence-corrected chi connectivity index (χ4v) is 3.08. The Balaban J connectivity index is 1.83. The Kier molecular flexibility index (Phi) is 6.25. The number of nitrogens with zero attached hydrogens (tertiary/aromatic N) is 2. The Bertz CT molecular complexity index is 975. The van der Waals surface area contributed by atoms with E-state index in [1.54, 1.807) is 24.7 Å². The first-order valence-corrected chi connectivity index (χ1v) is 9.13. The van der Waals surface area contributed by atoms with Gasteiger partial charge in [0.05, 0.1) is 24.9 Å². The zero-order chi connectivity index (χ0) is 19.9. The summed E-state index contributed by atoms with van der Waals surface area (Å²) in [5, 5.41) is 9.52. The summed E-state index contributed by atoms with van der Waals surface area (Å²) < 4.78 is 12.8. The van der Waals surface area contributed by atoms with E-state index in [4.69, 9.17) is 9.47 Å². The van der Waals surface area contributed by atoms with Crippen LogP contribution in [0.1, 0.15) is 34.1 Å². The van der Waals surface area contributed by atoms with Crippen molar-refractivity contribution in [2.75, 3.05) is 6.61 Å². The summed E-state index contributed by atoms with van der Waals surface area (Å²) in [7, 11) is 1.74. The molecule has 5 heteroatoms. The van der Waals surface area contributed by atoms with Crippen LogP contribution in [0.3, 0.4) is 0 Å². The second-order valence-corrected chi connectivity index (χ2v) is 6.34. The van der Waals surface area contributed by atoms with Crippen LogP contribution in [0.4, 0.5) is 0 Å². The number of aryl methyl sites for hydroxylation is 1. The van der Waals surface area contributed by atoms with E-state index in [1.807, 2.05) is 60.7 Å².